The minimum atomic E-state index is -0.376. The molecule has 1 atom stereocenters. The van der Waals surface area contributed by atoms with Crippen LogP contribution in [0.2, 0.25) is 0 Å². The van der Waals surface area contributed by atoms with E-state index >= 15 is 0 Å². The highest BCUT2D eigenvalue weighted by atomic mass is 19.1. The first-order valence-corrected chi connectivity index (χ1v) is 12.2. The highest BCUT2D eigenvalue weighted by Gasteiger charge is 2.35. The third-order valence-corrected chi connectivity index (χ3v) is 6.56. The van der Waals surface area contributed by atoms with Crippen molar-refractivity contribution in [1.29, 1.82) is 0 Å². The fourth-order valence-corrected chi connectivity index (χ4v) is 5.00. The van der Waals surface area contributed by atoms with Gasteiger partial charge in [-0.2, -0.15) is 0 Å². The molecule has 1 aliphatic heterocycles. The SMILES string of the molecule is Cc1cc(C)cc(OCCCCn2c(C3CC(=O)N(c4ccccc4F)C3)nc3ccccc32)c1. The molecule has 1 aromatic heterocycles. The summed E-state index contributed by atoms with van der Waals surface area (Å²) in [7, 11) is 0. The molecule has 2 heterocycles. The third kappa shape index (κ3) is 4.92. The molecule has 5 nitrogen and oxygen atoms in total. The molecule has 4 aromatic rings. The van der Waals surface area contributed by atoms with Crippen LogP contribution in [0.1, 0.15) is 42.1 Å². The number of imidazole rings is 1. The van der Waals surface area contributed by atoms with Gasteiger partial charge in [-0.25, -0.2) is 9.37 Å². The predicted molar refractivity (Wildman–Crippen MR) is 136 cm³/mol. The molecule has 6 heteroatoms. The number of benzene rings is 3. The highest BCUT2D eigenvalue weighted by Crippen LogP contribution is 2.34. The molecule has 35 heavy (non-hydrogen) atoms. The summed E-state index contributed by atoms with van der Waals surface area (Å²) in [5.74, 6) is 1.28. The molecule has 0 radical (unpaired) electrons. The van der Waals surface area contributed by atoms with Crippen LogP contribution in [-0.4, -0.2) is 28.6 Å². The van der Waals surface area contributed by atoms with Crippen LogP contribution in [0.4, 0.5) is 10.1 Å². The van der Waals surface area contributed by atoms with Gasteiger partial charge in [-0.15, -0.1) is 0 Å². The number of anilines is 1. The lowest BCUT2D eigenvalue weighted by Crippen LogP contribution is -2.25. The standard InChI is InChI=1S/C29H30FN3O2/c1-20-15-21(2)17-23(16-20)35-14-8-7-13-32-27-12-6-4-10-25(27)31-29(32)22-18-28(34)33(19-22)26-11-5-3-9-24(26)30/h3-6,9-12,15-17,22H,7-8,13-14,18-19H2,1-2H3. The minimum absolute atomic E-state index is 0.0689. The Morgan fingerprint density at radius 3 is 2.54 bits per heavy atom. The zero-order valence-electron chi connectivity index (χ0n) is 20.2. The summed E-state index contributed by atoms with van der Waals surface area (Å²) in [6.07, 6.45) is 2.16. The number of fused-ring (bicyclic) bond motifs is 1. The smallest absolute Gasteiger partial charge is 0.227 e. The molecular formula is C29H30FN3O2. The Labute approximate surface area is 205 Å². The molecule has 5 rings (SSSR count). The maximum absolute atomic E-state index is 14.4. The number of aryl methyl sites for hydroxylation is 3. The Kier molecular flexibility index (Phi) is 6.53. The number of carbonyl (C=O) groups excluding carboxylic acids is 1. The molecule has 1 aliphatic rings. The number of carbonyl (C=O) groups is 1. The van der Waals surface area contributed by atoms with E-state index in [1.165, 1.54) is 17.2 Å². The van der Waals surface area contributed by atoms with Crippen molar-refractivity contribution in [2.75, 3.05) is 18.1 Å². The first-order valence-electron chi connectivity index (χ1n) is 12.2. The lowest BCUT2D eigenvalue weighted by Gasteiger charge is -2.18. The van der Waals surface area contributed by atoms with E-state index in [1.54, 1.807) is 23.1 Å². The van der Waals surface area contributed by atoms with Crippen LogP contribution in [0.3, 0.4) is 0 Å². The number of rotatable bonds is 8. The first-order chi connectivity index (χ1) is 17.0. The van der Waals surface area contributed by atoms with E-state index in [4.69, 9.17) is 9.72 Å². The van der Waals surface area contributed by atoms with E-state index in [0.29, 0.717) is 25.3 Å². The second-order valence-electron chi connectivity index (χ2n) is 9.35. The molecule has 1 saturated heterocycles. The maximum atomic E-state index is 14.4. The molecule has 0 saturated carbocycles. The monoisotopic (exact) mass is 471 g/mol. The molecule has 1 unspecified atom stereocenters. The number of amides is 1. The van der Waals surface area contributed by atoms with E-state index in [0.717, 1.165) is 42.0 Å². The summed E-state index contributed by atoms with van der Waals surface area (Å²) in [5, 5.41) is 0. The average molecular weight is 472 g/mol. The van der Waals surface area contributed by atoms with Crippen molar-refractivity contribution in [3.63, 3.8) is 0 Å². The Morgan fingerprint density at radius 2 is 1.74 bits per heavy atom. The zero-order valence-corrected chi connectivity index (χ0v) is 20.2. The largest absolute Gasteiger partial charge is 0.494 e. The van der Waals surface area contributed by atoms with Crippen LogP contribution in [-0.2, 0) is 11.3 Å². The van der Waals surface area contributed by atoms with Gasteiger partial charge in [-0.3, -0.25) is 4.79 Å². The van der Waals surface area contributed by atoms with Crippen molar-refractivity contribution >= 4 is 22.6 Å². The van der Waals surface area contributed by atoms with Gasteiger partial charge in [-0.05, 0) is 74.2 Å². The topological polar surface area (TPSA) is 47.4 Å². The Bertz CT molecular complexity index is 1340. The summed E-state index contributed by atoms with van der Waals surface area (Å²) in [6.45, 7) is 6.02. The van der Waals surface area contributed by atoms with Gasteiger partial charge in [-0.1, -0.05) is 30.3 Å². The van der Waals surface area contributed by atoms with Crippen molar-refractivity contribution in [2.45, 2.75) is 45.6 Å². The van der Waals surface area contributed by atoms with Gasteiger partial charge in [0, 0.05) is 25.4 Å². The molecule has 0 N–H and O–H groups in total. The van der Waals surface area contributed by atoms with Crippen LogP contribution >= 0.6 is 0 Å². The summed E-state index contributed by atoms with van der Waals surface area (Å²) < 4.78 is 22.6. The number of aromatic nitrogens is 2. The molecule has 0 bridgehead atoms. The quantitative estimate of drug-likeness (QED) is 0.289. The predicted octanol–water partition coefficient (Wildman–Crippen LogP) is 6.17. The van der Waals surface area contributed by atoms with E-state index in [2.05, 4.69) is 42.7 Å². The second kappa shape index (κ2) is 9.90. The van der Waals surface area contributed by atoms with Crippen LogP contribution in [0.15, 0.2) is 66.7 Å². The van der Waals surface area contributed by atoms with E-state index < -0.39 is 0 Å². The Morgan fingerprint density at radius 1 is 1.00 bits per heavy atom. The van der Waals surface area contributed by atoms with Crippen molar-refractivity contribution in [2.24, 2.45) is 0 Å². The normalized spacial score (nSPS) is 15.8. The molecule has 1 fully saturated rings. The lowest BCUT2D eigenvalue weighted by atomic mass is 10.1. The van der Waals surface area contributed by atoms with Crippen LogP contribution < -0.4 is 9.64 Å². The van der Waals surface area contributed by atoms with Crippen molar-refractivity contribution in [3.05, 3.63) is 89.5 Å². The molecule has 0 aliphatic carbocycles. The van der Waals surface area contributed by atoms with Gasteiger partial charge in [0.05, 0.1) is 23.3 Å². The van der Waals surface area contributed by atoms with E-state index in [9.17, 15) is 9.18 Å². The lowest BCUT2D eigenvalue weighted by molar-refractivity contribution is -0.117. The van der Waals surface area contributed by atoms with Crippen LogP contribution in [0.25, 0.3) is 11.0 Å². The number of hydrogen-bond donors (Lipinski definition) is 0. The van der Waals surface area contributed by atoms with E-state index in [1.807, 2.05) is 18.2 Å². The van der Waals surface area contributed by atoms with Gasteiger partial charge in [0.15, 0.2) is 0 Å². The number of unbranched alkanes of at least 4 members (excludes halogenated alkanes) is 1. The third-order valence-electron chi connectivity index (χ3n) is 6.56. The van der Waals surface area contributed by atoms with Crippen molar-refractivity contribution < 1.29 is 13.9 Å². The van der Waals surface area contributed by atoms with E-state index in [-0.39, 0.29) is 17.6 Å². The number of para-hydroxylation sites is 3. The summed E-state index contributed by atoms with van der Waals surface area (Å²) in [5.41, 5.74) is 4.72. The number of ether oxygens (including phenoxy) is 1. The first kappa shape index (κ1) is 23.1. The molecule has 1 amide bonds. The van der Waals surface area contributed by atoms with Crippen molar-refractivity contribution in [1.82, 2.24) is 9.55 Å². The maximum Gasteiger partial charge on any atom is 0.227 e. The van der Waals surface area contributed by atoms with Crippen LogP contribution in [0, 0.1) is 19.7 Å². The highest BCUT2D eigenvalue weighted by molar-refractivity contribution is 5.96. The average Bonchev–Trinajstić information content (AvgIpc) is 3.39. The van der Waals surface area contributed by atoms with Gasteiger partial charge in [0.1, 0.15) is 17.4 Å². The van der Waals surface area contributed by atoms with Gasteiger partial charge in [0.25, 0.3) is 0 Å². The minimum Gasteiger partial charge on any atom is -0.494 e. The molecular weight excluding hydrogens is 441 g/mol. The van der Waals surface area contributed by atoms with Gasteiger partial charge >= 0.3 is 0 Å². The van der Waals surface area contributed by atoms with Gasteiger partial charge < -0.3 is 14.2 Å². The molecule has 3 aromatic carbocycles. The van der Waals surface area contributed by atoms with Gasteiger partial charge in [0.2, 0.25) is 5.91 Å². The molecule has 180 valence electrons. The number of halogens is 1. The summed E-state index contributed by atoms with van der Waals surface area (Å²) in [4.78, 5) is 19.3. The Balaban J connectivity index is 1.30. The number of hydrogen-bond acceptors (Lipinski definition) is 3. The zero-order chi connectivity index (χ0) is 24.4. The van der Waals surface area contributed by atoms with Crippen LogP contribution in [0.5, 0.6) is 5.75 Å². The van der Waals surface area contributed by atoms with Crippen molar-refractivity contribution in [3.8, 4) is 5.75 Å². The second-order valence-corrected chi connectivity index (χ2v) is 9.35. The fraction of sp³-hybridized carbons (Fsp3) is 0.310. The summed E-state index contributed by atoms with van der Waals surface area (Å²) in [6, 6.07) is 20.8. The fourth-order valence-electron chi connectivity index (χ4n) is 5.00. The number of nitrogens with zero attached hydrogens (tertiary/aromatic N) is 3. The Hall–Kier alpha value is -3.67. The summed E-state index contributed by atoms with van der Waals surface area (Å²) >= 11 is 0. The molecule has 0 spiro atoms.